The van der Waals surface area contributed by atoms with Gasteiger partial charge in [0.25, 0.3) is 0 Å². The fourth-order valence-corrected chi connectivity index (χ4v) is 13.9. The van der Waals surface area contributed by atoms with Crippen LogP contribution in [0.1, 0.15) is 84.7 Å². The average Bonchev–Trinajstić information content (AvgIpc) is 3.59. The van der Waals surface area contributed by atoms with Crippen LogP contribution < -0.4 is 10.6 Å². The van der Waals surface area contributed by atoms with Crippen LogP contribution in [0.3, 0.4) is 0 Å². The van der Waals surface area contributed by atoms with Gasteiger partial charge in [-0.25, -0.2) is 0 Å². The number of carbonyl (C=O) groups excluding carboxylic acids is 2. The van der Waals surface area contributed by atoms with E-state index in [1.807, 2.05) is 98.8 Å². The second kappa shape index (κ2) is 23.5. The lowest BCUT2D eigenvalue weighted by Gasteiger charge is -2.41. The van der Waals surface area contributed by atoms with Gasteiger partial charge in [-0.15, -0.1) is 0 Å². The summed E-state index contributed by atoms with van der Waals surface area (Å²) in [6, 6.07) is 87.1. The summed E-state index contributed by atoms with van der Waals surface area (Å²) in [6.45, 7) is 3.66. The number of aliphatic hydroxyl groups is 2. The summed E-state index contributed by atoms with van der Waals surface area (Å²) >= 11 is 0. The minimum absolute atomic E-state index is 0.177. The highest BCUT2D eigenvalue weighted by atomic mass is 16.3. The predicted octanol–water partition coefficient (Wildman–Crippen LogP) is 16.3. The highest BCUT2D eigenvalue weighted by molar-refractivity contribution is 6.05. The topological polar surface area (TPSA) is 98.7 Å². The van der Waals surface area contributed by atoms with Gasteiger partial charge in [-0.05, 0) is 111 Å². The maximum absolute atomic E-state index is 16.0. The standard InChI is InChI=1S/C77H70N2O4/c1-3-47-75(48-4-2,73(80)78-51-76(82,49-59-35-17-29-53-23-5-11-37-61(53)59)71(67-43-19-31-55-25-7-13-39-63(55)67)68-44-20-32-56-26-8-14-40-64(56)68)74(81)79-52-77(83,50-60-36-18-30-54-24-6-12-38-62(54)60)72(69-45-21-33-57-27-9-15-41-65(57)69)70-46-22-34-58-28-10-16-42-66(58)70/h5-46,71-72,82-83H,3-4,47-52H2,1-2H3,(H,78,80)(H,79,81). The Balaban J connectivity index is 0.976. The summed E-state index contributed by atoms with van der Waals surface area (Å²) in [5.41, 5.74) is 0.685. The van der Waals surface area contributed by atoms with Crippen LogP contribution in [0.2, 0.25) is 0 Å². The van der Waals surface area contributed by atoms with E-state index in [1.54, 1.807) is 0 Å². The zero-order valence-electron chi connectivity index (χ0n) is 47.3. The van der Waals surface area contributed by atoms with Crippen molar-refractivity contribution < 1.29 is 19.8 Å². The van der Waals surface area contributed by atoms with E-state index in [1.165, 1.54) is 0 Å². The molecule has 12 aromatic carbocycles. The van der Waals surface area contributed by atoms with Gasteiger partial charge in [-0.3, -0.25) is 9.59 Å². The minimum atomic E-state index is -1.67. The normalized spacial score (nSPS) is 13.5. The highest BCUT2D eigenvalue weighted by Crippen LogP contribution is 2.46. The molecule has 0 bridgehead atoms. The molecule has 2 unspecified atom stereocenters. The van der Waals surface area contributed by atoms with Crippen LogP contribution in [0.4, 0.5) is 0 Å². The van der Waals surface area contributed by atoms with Crippen molar-refractivity contribution in [3.63, 3.8) is 0 Å². The zero-order valence-corrected chi connectivity index (χ0v) is 47.3. The third kappa shape index (κ3) is 10.5. The van der Waals surface area contributed by atoms with E-state index >= 15 is 9.59 Å². The molecular formula is C77H70N2O4. The van der Waals surface area contributed by atoms with Crippen LogP contribution in [0, 0.1) is 5.41 Å². The lowest BCUT2D eigenvalue weighted by atomic mass is 9.70. The third-order valence-corrected chi connectivity index (χ3v) is 17.7. The molecule has 4 N–H and O–H groups in total. The van der Waals surface area contributed by atoms with Crippen LogP contribution in [0.15, 0.2) is 255 Å². The van der Waals surface area contributed by atoms with Gasteiger partial charge in [0, 0.05) is 37.8 Å². The second-order valence-electron chi connectivity index (χ2n) is 22.9. The van der Waals surface area contributed by atoms with Crippen molar-refractivity contribution >= 4 is 76.4 Å². The molecule has 2 amide bonds. The number of rotatable bonds is 20. The third-order valence-electron chi connectivity index (χ3n) is 17.7. The van der Waals surface area contributed by atoms with Gasteiger partial charge in [-0.1, -0.05) is 281 Å². The van der Waals surface area contributed by atoms with Crippen LogP contribution in [0.5, 0.6) is 0 Å². The Bertz CT molecular complexity index is 3870. The van der Waals surface area contributed by atoms with Crippen molar-refractivity contribution in [3.8, 4) is 0 Å². The van der Waals surface area contributed by atoms with Crippen molar-refractivity contribution in [2.45, 2.75) is 75.4 Å². The van der Waals surface area contributed by atoms with E-state index in [-0.39, 0.29) is 38.8 Å². The summed E-state index contributed by atoms with van der Waals surface area (Å²) < 4.78 is 0. The Morgan fingerprint density at radius 3 is 0.867 bits per heavy atom. The molecule has 0 heterocycles. The van der Waals surface area contributed by atoms with E-state index in [2.05, 4.69) is 180 Å². The van der Waals surface area contributed by atoms with Crippen molar-refractivity contribution in [2.75, 3.05) is 13.1 Å². The molecule has 0 aliphatic rings. The molecule has 2 atom stereocenters. The van der Waals surface area contributed by atoms with E-state index in [0.29, 0.717) is 12.8 Å². The molecule has 12 aromatic rings. The van der Waals surface area contributed by atoms with Crippen LogP contribution in [0.25, 0.3) is 64.6 Å². The molecule has 0 aliphatic carbocycles. The number of carbonyl (C=O) groups is 2. The van der Waals surface area contributed by atoms with Crippen molar-refractivity contribution in [1.29, 1.82) is 0 Å². The van der Waals surface area contributed by atoms with Crippen LogP contribution in [-0.2, 0) is 22.4 Å². The summed E-state index contributed by atoms with van der Waals surface area (Å²) in [5.74, 6) is -2.24. The fraction of sp³-hybridized carbons (Fsp3) is 0.195. The molecule has 0 radical (unpaired) electrons. The monoisotopic (exact) mass is 1090 g/mol. The zero-order chi connectivity index (χ0) is 57.0. The van der Waals surface area contributed by atoms with E-state index in [0.717, 1.165) is 98.0 Å². The first-order valence-corrected chi connectivity index (χ1v) is 29.5. The Morgan fingerprint density at radius 2 is 0.578 bits per heavy atom. The molecule has 0 aliphatic heterocycles. The molecule has 0 fully saturated rings. The second-order valence-corrected chi connectivity index (χ2v) is 22.9. The van der Waals surface area contributed by atoms with Gasteiger partial charge in [-0.2, -0.15) is 0 Å². The first-order chi connectivity index (χ1) is 40.6. The lowest BCUT2D eigenvalue weighted by Crippen LogP contribution is -2.58. The number of hydrogen-bond donors (Lipinski definition) is 4. The van der Waals surface area contributed by atoms with Gasteiger partial charge < -0.3 is 20.8 Å². The number of amides is 2. The number of fused-ring (bicyclic) bond motifs is 6. The highest BCUT2D eigenvalue weighted by Gasteiger charge is 2.49. The molecule has 83 heavy (non-hydrogen) atoms. The van der Waals surface area contributed by atoms with Gasteiger partial charge in [0.2, 0.25) is 11.8 Å². The van der Waals surface area contributed by atoms with E-state index in [4.69, 9.17) is 0 Å². The Kier molecular flexibility index (Phi) is 15.5. The van der Waals surface area contributed by atoms with E-state index in [9.17, 15) is 10.2 Å². The molecular weight excluding hydrogens is 1020 g/mol. The molecule has 6 heteroatoms. The molecule has 0 saturated carbocycles. The minimum Gasteiger partial charge on any atom is -0.387 e. The molecule has 0 saturated heterocycles. The smallest absolute Gasteiger partial charge is 0.235 e. The molecule has 412 valence electrons. The molecule has 0 spiro atoms. The van der Waals surface area contributed by atoms with E-state index < -0.39 is 40.3 Å². The van der Waals surface area contributed by atoms with Crippen molar-refractivity contribution in [2.24, 2.45) is 5.41 Å². The van der Waals surface area contributed by atoms with Crippen molar-refractivity contribution in [1.82, 2.24) is 10.6 Å². The maximum Gasteiger partial charge on any atom is 0.235 e. The summed E-state index contributed by atoms with van der Waals surface area (Å²) in [7, 11) is 0. The maximum atomic E-state index is 16.0. The van der Waals surface area contributed by atoms with Crippen LogP contribution in [-0.4, -0.2) is 46.3 Å². The summed E-state index contributed by atoms with van der Waals surface area (Å²) in [6.07, 6.45) is 1.91. The SMILES string of the molecule is CCCC(CCC)(C(=O)NCC(O)(Cc1cccc2ccccc12)C(c1cccc2ccccc12)c1cccc2ccccc12)C(=O)NCC(O)(Cc1cccc2ccccc12)C(c1cccc2ccccc12)c1cccc2ccccc12. The summed E-state index contributed by atoms with van der Waals surface area (Å²) in [5, 5.41) is 47.7. The van der Waals surface area contributed by atoms with Gasteiger partial charge in [0.05, 0.1) is 11.2 Å². The largest absolute Gasteiger partial charge is 0.387 e. The van der Waals surface area contributed by atoms with Crippen LogP contribution >= 0.6 is 0 Å². The number of benzene rings is 12. The lowest BCUT2D eigenvalue weighted by molar-refractivity contribution is -0.146. The molecule has 0 aromatic heterocycles. The van der Waals surface area contributed by atoms with Crippen molar-refractivity contribution in [3.05, 3.63) is 288 Å². The van der Waals surface area contributed by atoms with Gasteiger partial charge in [0.15, 0.2) is 0 Å². The fourth-order valence-electron chi connectivity index (χ4n) is 13.9. The first kappa shape index (κ1) is 54.6. The van der Waals surface area contributed by atoms with Gasteiger partial charge in [0.1, 0.15) is 5.41 Å². The van der Waals surface area contributed by atoms with Gasteiger partial charge >= 0.3 is 0 Å². The average molecular weight is 1090 g/mol. The Labute approximate surface area is 486 Å². The first-order valence-electron chi connectivity index (χ1n) is 29.5. The number of nitrogens with one attached hydrogen (secondary N) is 2. The number of hydrogen-bond acceptors (Lipinski definition) is 4. The molecule has 12 rings (SSSR count). The summed E-state index contributed by atoms with van der Waals surface area (Å²) in [4.78, 5) is 32.0. The Morgan fingerprint density at radius 1 is 0.337 bits per heavy atom. The molecule has 6 nitrogen and oxygen atoms in total. The Hall–Kier alpha value is -8.94. The quantitative estimate of drug-likeness (QED) is 0.0572. The predicted molar refractivity (Wildman–Crippen MR) is 343 cm³/mol.